The molecule has 2 saturated carbocycles. The van der Waals surface area contributed by atoms with E-state index in [1.807, 2.05) is 18.5 Å². The third-order valence-corrected chi connectivity index (χ3v) is 7.90. The monoisotopic (exact) mass is 359 g/mol. The highest BCUT2D eigenvalue weighted by Crippen LogP contribution is 2.63. The van der Waals surface area contributed by atoms with E-state index in [4.69, 9.17) is 0 Å². The summed E-state index contributed by atoms with van der Waals surface area (Å²) in [4.78, 5) is 28.8. The van der Waals surface area contributed by atoms with Crippen LogP contribution in [0.25, 0.3) is 5.57 Å². The number of nitrogens with zero attached hydrogens (tertiary/aromatic N) is 1. The normalized spacial score (nSPS) is 40.0. The van der Waals surface area contributed by atoms with Gasteiger partial charge in [-0.3, -0.25) is 14.6 Å². The van der Waals surface area contributed by atoms with Gasteiger partial charge in [0.1, 0.15) is 0 Å². The molecule has 0 radical (unpaired) electrons. The van der Waals surface area contributed by atoms with Gasteiger partial charge in [-0.25, -0.2) is 0 Å². The smallest absolute Gasteiger partial charge is 0.205 e. The van der Waals surface area contributed by atoms with Crippen LogP contribution in [0.1, 0.15) is 45.1 Å². The van der Waals surface area contributed by atoms with Crippen LogP contribution in [-0.4, -0.2) is 16.6 Å². The summed E-state index contributed by atoms with van der Waals surface area (Å²) in [6.45, 7) is 4.61. The van der Waals surface area contributed by atoms with Crippen LogP contribution < -0.4 is 0 Å². The molecule has 0 bridgehead atoms. The van der Waals surface area contributed by atoms with E-state index >= 15 is 0 Å². The number of ketones is 2. The van der Waals surface area contributed by atoms with Crippen LogP contribution in [0, 0.1) is 28.6 Å². The molecular formula is C24H25NO2. The predicted octanol–water partition coefficient (Wildman–Crippen LogP) is 4.56. The molecule has 3 nitrogen and oxygen atoms in total. The minimum Gasteiger partial charge on any atom is -0.291 e. The Morgan fingerprint density at radius 2 is 1.96 bits per heavy atom. The van der Waals surface area contributed by atoms with Crippen LogP contribution in [-0.2, 0) is 9.59 Å². The molecule has 4 aliphatic carbocycles. The molecule has 0 spiro atoms. The fourth-order valence-corrected chi connectivity index (χ4v) is 6.30. The van der Waals surface area contributed by atoms with Gasteiger partial charge < -0.3 is 0 Å². The van der Waals surface area contributed by atoms with Gasteiger partial charge in [0.15, 0.2) is 5.78 Å². The molecule has 0 aromatic carbocycles. The number of hydrogen-bond donors (Lipinski definition) is 0. The molecule has 5 atom stereocenters. The summed E-state index contributed by atoms with van der Waals surface area (Å²) in [7, 11) is 0. The van der Waals surface area contributed by atoms with E-state index in [9.17, 15) is 9.59 Å². The summed E-state index contributed by atoms with van der Waals surface area (Å²) in [6.07, 6.45) is 16.1. The lowest BCUT2D eigenvalue weighted by Crippen LogP contribution is -2.52. The molecule has 4 aliphatic rings. The number of aromatic nitrogens is 1. The van der Waals surface area contributed by atoms with Gasteiger partial charge in [0.05, 0.1) is 0 Å². The maximum atomic E-state index is 12.5. The van der Waals surface area contributed by atoms with Gasteiger partial charge in [-0.05, 0) is 47.8 Å². The highest BCUT2D eigenvalue weighted by atomic mass is 16.2. The molecular weight excluding hydrogens is 334 g/mol. The first-order valence-corrected chi connectivity index (χ1v) is 10.0. The maximum absolute atomic E-state index is 12.5. The highest BCUT2D eigenvalue weighted by molar-refractivity contribution is 6.39. The minimum absolute atomic E-state index is 0.0340. The van der Waals surface area contributed by atoms with Crippen molar-refractivity contribution < 1.29 is 9.59 Å². The second-order valence-corrected chi connectivity index (χ2v) is 9.10. The molecule has 1 unspecified atom stereocenters. The second kappa shape index (κ2) is 5.60. The van der Waals surface area contributed by atoms with Crippen LogP contribution in [0.4, 0.5) is 0 Å². The van der Waals surface area contributed by atoms with E-state index in [0.717, 1.165) is 19.3 Å². The first-order valence-electron chi connectivity index (χ1n) is 10.0. The standard InChI is InChI=1S/C24H25NO2/c1-23-11-9-19-16(5-6-20-22(27)21(26)10-12-24(19,20)2)18(23)8-7-17(23)15-4-3-13-25-14-15/h3-8,13-14,16,19-20H,9-12H2,1-2H3/t16-,19-,20?,23+,24+/m0/s1. The SMILES string of the molecule is C[C@]12CC[C@H]3[C@@H](C=CC4C(=O)C(=O)CC[C@@]43C)C1=CC=C2c1cccnc1. The number of rotatable bonds is 1. The maximum Gasteiger partial charge on any atom is 0.205 e. The van der Waals surface area contributed by atoms with E-state index in [1.54, 1.807) is 0 Å². The molecule has 0 N–H and O–H groups in total. The quantitative estimate of drug-likeness (QED) is 0.545. The summed E-state index contributed by atoms with van der Waals surface area (Å²) in [5, 5.41) is 0. The topological polar surface area (TPSA) is 47.0 Å². The molecule has 1 aromatic heterocycles. The van der Waals surface area contributed by atoms with Gasteiger partial charge in [0, 0.05) is 36.1 Å². The van der Waals surface area contributed by atoms with Crippen LogP contribution in [0.3, 0.4) is 0 Å². The van der Waals surface area contributed by atoms with Gasteiger partial charge in [-0.2, -0.15) is 0 Å². The summed E-state index contributed by atoms with van der Waals surface area (Å²) in [6, 6.07) is 4.15. The zero-order chi connectivity index (χ0) is 18.8. The molecule has 0 saturated heterocycles. The van der Waals surface area contributed by atoms with Crippen molar-refractivity contribution in [1.82, 2.24) is 4.98 Å². The number of carbonyl (C=O) groups excluding carboxylic acids is 2. The van der Waals surface area contributed by atoms with Crippen molar-refractivity contribution >= 4 is 17.1 Å². The van der Waals surface area contributed by atoms with Crippen molar-refractivity contribution in [2.45, 2.75) is 39.5 Å². The van der Waals surface area contributed by atoms with Crippen molar-refractivity contribution in [2.24, 2.45) is 28.6 Å². The third kappa shape index (κ3) is 2.17. The van der Waals surface area contributed by atoms with Crippen LogP contribution >= 0.6 is 0 Å². The van der Waals surface area contributed by atoms with Gasteiger partial charge >= 0.3 is 0 Å². The lowest BCUT2D eigenvalue weighted by Gasteiger charge is -2.55. The Kier molecular flexibility index (Phi) is 3.50. The second-order valence-electron chi connectivity index (χ2n) is 9.10. The van der Waals surface area contributed by atoms with Crippen molar-refractivity contribution in [3.05, 3.63) is 60.0 Å². The Labute approximate surface area is 160 Å². The summed E-state index contributed by atoms with van der Waals surface area (Å²) < 4.78 is 0. The predicted molar refractivity (Wildman–Crippen MR) is 105 cm³/mol. The third-order valence-electron chi connectivity index (χ3n) is 7.90. The van der Waals surface area contributed by atoms with Gasteiger partial charge in [-0.15, -0.1) is 0 Å². The molecule has 1 aromatic rings. The Bertz CT molecular complexity index is 925. The van der Waals surface area contributed by atoms with E-state index in [2.05, 4.69) is 49.2 Å². The number of fused-ring (bicyclic) bond motifs is 5. The van der Waals surface area contributed by atoms with Gasteiger partial charge in [-0.1, -0.05) is 49.8 Å². The summed E-state index contributed by atoms with van der Waals surface area (Å²) in [5.41, 5.74) is 3.97. The van der Waals surface area contributed by atoms with Crippen LogP contribution in [0.2, 0.25) is 0 Å². The highest BCUT2D eigenvalue weighted by Gasteiger charge is 2.57. The first-order chi connectivity index (χ1) is 12.9. The number of allylic oxidation sites excluding steroid dienone is 6. The minimum atomic E-state index is -0.225. The molecule has 0 aliphatic heterocycles. The zero-order valence-electron chi connectivity index (χ0n) is 15.9. The van der Waals surface area contributed by atoms with Gasteiger partial charge in [0.2, 0.25) is 5.78 Å². The Hall–Kier alpha value is -2.29. The number of carbonyl (C=O) groups is 2. The molecule has 138 valence electrons. The van der Waals surface area contributed by atoms with Gasteiger partial charge in [0.25, 0.3) is 0 Å². The number of pyridine rings is 1. The molecule has 1 heterocycles. The van der Waals surface area contributed by atoms with E-state index < -0.39 is 0 Å². The summed E-state index contributed by atoms with van der Waals surface area (Å²) in [5.74, 6) is 0.224. The number of hydrogen-bond acceptors (Lipinski definition) is 3. The van der Waals surface area contributed by atoms with Crippen molar-refractivity contribution in [2.75, 3.05) is 0 Å². The van der Waals surface area contributed by atoms with Crippen molar-refractivity contribution in [3.63, 3.8) is 0 Å². The first kappa shape index (κ1) is 16.9. The van der Waals surface area contributed by atoms with E-state index in [0.29, 0.717) is 18.3 Å². The van der Waals surface area contributed by atoms with Crippen molar-refractivity contribution in [1.29, 1.82) is 0 Å². The summed E-state index contributed by atoms with van der Waals surface area (Å²) >= 11 is 0. The molecule has 3 heteroatoms. The fraction of sp³-hybridized carbons (Fsp3) is 0.458. The largest absolute Gasteiger partial charge is 0.291 e. The fourth-order valence-electron chi connectivity index (χ4n) is 6.30. The lowest BCUT2D eigenvalue weighted by molar-refractivity contribution is -0.146. The molecule has 5 rings (SSSR count). The van der Waals surface area contributed by atoms with Crippen molar-refractivity contribution in [3.8, 4) is 0 Å². The molecule has 2 fully saturated rings. The molecule has 0 amide bonds. The van der Waals surface area contributed by atoms with E-state index in [1.165, 1.54) is 16.7 Å². The Morgan fingerprint density at radius 3 is 2.74 bits per heavy atom. The van der Waals surface area contributed by atoms with Crippen LogP contribution in [0.15, 0.2) is 54.4 Å². The molecule has 27 heavy (non-hydrogen) atoms. The van der Waals surface area contributed by atoms with Crippen LogP contribution in [0.5, 0.6) is 0 Å². The zero-order valence-corrected chi connectivity index (χ0v) is 15.9. The van der Waals surface area contributed by atoms with E-state index in [-0.39, 0.29) is 28.3 Å². The average Bonchev–Trinajstić information content (AvgIpc) is 3.03. The average molecular weight is 359 g/mol. The Balaban J connectivity index is 1.53. The number of Topliss-reactive ketones (excluding diaryl/α,β-unsaturated/α-hetero) is 2. The Morgan fingerprint density at radius 1 is 1.11 bits per heavy atom. The lowest BCUT2D eigenvalue weighted by atomic mass is 9.48.